The van der Waals surface area contributed by atoms with E-state index in [4.69, 9.17) is 4.74 Å². The van der Waals surface area contributed by atoms with Crippen LogP contribution in [0, 0.1) is 5.92 Å². The van der Waals surface area contributed by atoms with Gasteiger partial charge in [-0.15, -0.1) is 0 Å². The highest BCUT2D eigenvalue weighted by Crippen LogP contribution is 2.41. The molecule has 0 spiro atoms. The Kier molecular flexibility index (Phi) is 3.91. The van der Waals surface area contributed by atoms with Gasteiger partial charge in [0.1, 0.15) is 5.54 Å². The van der Waals surface area contributed by atoms with Crippen LogP contribution in [0.25, 0.3) is 0 Å². The number of rotatable bonds is 5. The van der Waals surface area contributed by atoms with Crippen LogP contribution in [0.3, 0.4) is 0 Å². The Hall–Kier alpha value is -0.650. The highest BCUT2D eigenvalue weighted by Gasteiger charge is 2.52. The summed E-state index contributed by atoms with van der Waals surface area (Å²) in [7, 11) is 1.77. The van der Waals surface area contributed by atoms with Crippen LogP contribution in [0.1, 0.15) is 40.5 Å². The fourth-order valence-corrected chi connectivity index (χ4v) is 3.75. The number of carboxylic acid groups (broad SMARTS) is 1. The first kappa shape index (κ1) is 15.7. The predicted molar refractivity (Wildman–Crippen MR) is 77.8 cm³/mol. The van der Waals surface area contributed by atoms with Crippen molar-refractivity contribution in [1.82, 2.24) is 10.2 Å². The maximum Gasteiger partial charge on any atom is 0.325 e. The summed E-state index contributed by atoms with van der Waals surface area (Å²) in [5.41, 5.74) is -1.31. The molecule has 0 amide bonds. The van der Waals surface area contributed by atoms with Crippen LogP contribution in [0.2, 0.25) is 0 Å². The third-order valence-corrected chi connectivity index (χ3v) is 4.34. The lowest BCUT2D eigenvalue weighted by Gasteiger charge is -2.49. The van der Waals surface area contributed by atoms with Crippen molar-refractivity contribution in [3.63, 3.8) is 0 Å². The van der Waals surface area contributed by atoms with E-state index >= 15 is 0 Å². The molecule has 2 N–H and O–H groups in total. The van der Waals surface area contributed by atoms with E-state index in [2.05, 4.69) is 37.9 Å². The summed E-state index contributed by atoms with van der Waals surface area (Å²) in [6, 6.07) is 0. The van der Waals surface area contributed by atoms with Gasteiger partial charge < -0.3 is 15.2 Å². The molecule has 5 nitrogen and oxygen atoms in total. The average Bonchev–Trinajstić information content (AvgIpc) is 3.04. The van der Waals surface area contributed by atoms with Gasteiger partial charge in [0.25, 0.3) is 0 Å². The molecule has 116 valence electrons. The summed E-state index contributed by atoms with van der Waals surface area (Å²) >= 11 is 0. The first-order valence-electron chi connectivity index (χ1n) is 7.45. The molecule has 2 fully saturated rings. The van der Waals surface area contributed by atoms with E-state index in [1.807, 2.05) is 0 Å². The monoisotopic (exact) mass is 284 g/mol. The Bertz CT molecular complexity index is 375. The number of nitrogens with one attached hydrogen (secondary N) is 1. The van der Waals surface area contributed by atoms with E-state index in [-0.39, 0.29) is 17.1 Å². The van der Waals surface area contributed by atoms with E-state index in [1.165, 1.54) is 0 Å². The number of carboxylic acids is 1. The molecule has 1 atom stereocenters. The van der Waals surface area contributed by atoms with Gasteiger partial charge in [-0.1, -0.05) is 0 Å². The van der Waals surface area contributed by atoms with E-state index in [0.29, 0.717) is 6.54 Å². The van der Waals surface area contributed by atoms with Crippen LogP contribution in [0.15, 0.2) is 0 Å². The van der Waals surface area contributed by atoms with Gasteiger partial charge >= 0.3 is 5.97 Å². The number of hydrogen-bond donors (Lipinski definition) is 2. The molecule has 0 aromatic rings. The number of ether oxygens (including phenoxy) is 1. The summed E-state index contributed by atoms with van der Waals surface area (Å²) in [4.78, 5) is 14.1. The summed E-state index contributed by atoms with van der Waals surface area (Å²) in [5.74, 6) is -0.483. The number of nitrogens with zero attached hydrogens (tertiary/aromatic N) is 1. The van der Waals surface area contributed by atoms with Crippen molar-refractivity contribution in [2.75, 3.05) is 26.7 Å². The van der Waals surface area contributed by atoms with Gasteiger partial charge in [0.15, 0.2) is 0 Å². The van der Waals surface area contributed by atoms with E-state index in [9.17, 15) is 9.90 Å². The molecule has 1 saturated carbocycles. The van der Waals surface area contributed by atoms with Crippen LogP contribution >= 0.6 is 0 Å². The first-order chi connectivity index (χ1) is 9.10. The van der Waals surface area contributed by atoms with Crippen molar-refractivity contribution in [2.45, 2.75) is 57.3 Å². The van der Waals surface area contributed by atoms with Crippen LogP contribution < -0.4 is 5.32 Å². The van der Waals surface area contributed by atoms with Gasteiger partial charge in [-0.2, -0.15) is 0 Å². The second-order valence-electron chi connectivity index (χ2n) is 7.57. The van der Waals surface area contributed by atoms with Crippen LogP contribution in [0.5, 0.6) is 0 Å². The number of likely N-dealkylation sites (N-methyl/N-ethyl adjacent to an activating group) is 1. The quantitative estimate of drug-likeness (QED) is 0.797. The zero-order valence-corrected chi connectivity index (χ0v) is 13.3. The van der Waals surface area contributed by atoms with Crippen molar-refractivity contribution in [1.29, 1.82) is 0 Å². The molecule has 1 saturated heterocycles. The SMILES string of the molecule is CNC(CN1CC(C)(C)OC(C)(C)C1)(C(=O)O)C1CC1. The number of carbonyl (C=O) groups is 1. The molecule has 20 heavy (non-hydrogen) atoms. The lowest BCUT2D eigenvalue weighted by atomic mass is 9.90. The third kappa shape index (κ3) is 3.15. The molecule has 5 heteroatoms. The molecule has 2 aliphatic rings. The summed E-state index contributed by atoms with van der Waals surface area (Å²) in [6.45, 7) is 10.3. The minimum atomic E-state index is -0.816. The smallest absolute Gasteiger partial charge is 0.325 e. The van der Waals surface area contributed by atoms with Gasteiger partial charge in [-0.05, 0) is 53.5 Å². The maximum atomic E-state index is 11.8. The molecule has 1 aliphatic carbocycles. The number of hydrogen-bond acceptors (Lipinski definition) is 4. The largest absolute Gasteiger partial charge is 0.480 e. The van der Waals surface area contributed by atoms with Crippen molar-refractivity contribution < 1.29 is 14.6 Å². The standard InChI is InChI=1S/C15H28N2O3/c1-13(2)8-17(9-14(3,4)20-13)10-15(16-5,12(18)19)11-6-7-11/h11,16H,6-10H2,1-5H3,(H,18,19). The van der Waals surface area contributed by atoms with Crippen molar-refractivity contribution >= 4 is 5.97 Å². The molecule has 1 heterocycles. The first-order valence-corrected chi connectivity index (χ1v) is 7.45. The number of aliphatic carboxylic acids is 1. The van der Waals surface area contributed by atoms with Gasteiger partial charge in [0.2, 0.25) is 0 Å². The minimum Gasteiger partial charge on any atom is -0.480 e. The van der Waals surface area contributed by atoms with Crippen LogP contribution in [-0.4, -0.2) is 59.4 Å². The molecule has 1 unspecified atom stereocenters. The molecular formula is C15H28N2O3. The number of morpholine rings is 1. The maximum absolute atomic E-state index is 11.8. The highest BCUT2D eigenvalue weighted by atomic mass is 16.5. The Labute approximate surface area is 121 Å². The Balaban J connectivity index is 2.16. The molecule has 0 aromatic heterocycles. The van der Waals surface area contributed by atoms with Gasteiger partial charge in [0.05, 0.1) is 11.2 Å². The van der Waals surface area contributed by atoms with Crippen molar-refractivity contribution in [3.8, 4) is 0 Å². The predicted octanol–water partition coefficient (Wildman–Crippen LogP) is 1.33. The Morgan fingerprint density at radius 3 is 2.15 bits per heavy atom. The minimum absolute atomic E-state index is 0.247. The fourth-order valence-electron chi connectivity index (χ4n) is 3.75. The second-order valence-corrected chi connectivity index (χ2v) is 7.57. The van der Waals surface area contributed by atoms with Gasteiger partial charge in [0, 0.05) is 19.6 Å². The van der Waals surface area contributed by atoms with E-state index in [1.54, 1.807) is 7.05 Å². The summed E-state index contributed by atoms with van der Waals surface area (Å²) in [5, 5.41) is 12.8. The van der Waals surface area contributed by atoms with E-state index < -0.39 is 11.5 Å². The van der Waals surface area contributed by atoms with Crippen molar-refractivity contribution in [2.24, 2.45) is 5.92 Å². The Morgan fingerprint density at radius 1 is 1.30 bits per heavy atom. The lowest BCUT2D eigenvalue weighted by molar-refractivity contribution is -0.186. The molecular weight excluding hydrogens is 256 g/mol. The topological polar surface area (TPSA) is 61.8 Å². The zero-order chi connectivity index (χ0) is 15.2. The van der Waals surface area contributed by atoms with Gasteiger partial charge in [-0.3, -0.25) is 9.69 Å². The summed E-state index contributed by atoms with van der Waals surface area (Å²) < 4.78 is 6.07. The van der Waals surface area contributed by atoms with Crippen LogP contribution in [0.4, 0.5) is 0 Å². The molecule has 2 rings (SSSR count). The lowest BCUT2D eigenvalue weighted by Crippen LogP contribution is -2.65. The van der Waals surface area contributed by atoms with Gasteiger partial charge in [-0.25, -0.2) is 0 Å². The summed E-state index contributed by atoms with van der Waals surface area (Å²) in [6.07, 6.45) is 2.01. The molecule has 0 bridgehead atoms. The molecule has 0 aromatic carbocycles. The van der Waals surface area contributed by atoms with Crippen LogP contribution in [-0.2, 0) is 9.53 Å². The second kappa shape index (κ2) is 4.97. The third-order valence-electron chi connectivity index (χ3n) is 4.34. The normalized spacial score (nSPS) is 28.9. The fraction of sp³-hybridized carbons (Fsp3) is 0.933. The molecule has 1 aliphatic heterocycles. The average molecular weight is 284 g/mol. The molecule has 0 radical (unpaired) electrons. The van der Waals surface area contributed by atoms with E-state index in [0.717, 1.165) is 25.9 Å². The van der Waals surface area contributed by atoms with Crippen molar-refractivity contribution in [3.05, 3.63) is 0 Å². The Morgan fingerprint density at radius 2 is 1.80 bits per heavy atom. The zero-order valence-electron chi connectivity index (χ0n) is 13.3. The highest BCUT2D eigenvalue weighted by molar-refractivity contribution is 5.80.